The zero-order valence-corrected chi connectivity index (χ0v) is 17.4. The Balaban J connectivity index is 1.89. The molecule has 3 heteroatoms. The number of allylic oxidation sites excluding steroid dienone is 1. The third-order valence-corrected chi connectivity index (χ3v) is 6.70. The van der Waals surface area contributed by atoms with Crippen LogP contribution in [0.2, 0.25) is 0 Å². The van der Waals surface area contributed by atoms with Crippen LogP contribution in [0.15, 0.2) is 18.2 Å². The van der Waals surface area contributed by atoms with E-state index in [-0.39, 0.29) is 5.78 Å². The summed E-state index contributed by atoms with van der Waals surface area (Å²) in [6.07, 6.45) is 8.91. The summed E-state index contributed by atoms with van der Waals surface area (Å²) in [6.45, 7) is 11.0. The van der Waals surface area contributed by atoms with Gasteiger partial charge in [0.15, 0.2) is 5.78 Å². The molecule has 0 spiro atoms. The van der Waals surface area contributed by atoms with Crippen molar-refractivity contribution in [1.29, 1.82) is 0 Å². The molecule has 2 aromatic rings. The van der Waals surface area contributed by atoms with Crippen LogP contribution in [0.1, 0.15) is 76.7 Å². The molecule has 2 aromatic heterocycles. The molecule has 0 atom stereocenters. The lowest BCUT2D eigenvalue weighted by atomic mass is 9.74. The molecular formula is C23H29NOS. The Bertz CT molecular complexity index is 857. The predicted molar refractivity (Wildman–Crippen MR) is 111 cm³/mol. The second-order valence-electron chi connectivity index (χ2n) is 8.09. The van der Waals surface area contributed by atoms with E-state index in [1.807, 2.05) is 19.1 Å². The van der Waals surface area contributed by atoms with Crippen LogP contribution in [0.25, 0.3) is 6.08 Å². The van der Waals surface area contributed by atoms with Gasteiger partial charge >= 0.3 is 0 Å². The Morgan fingerprint density at radius 1 is 1.23 bits per heavy atom. The van der Waals surface area contributed by atoms with Crippen LogP contribution < -0.4 is 0 Å². The van der Waals surface area contributed by atoms with Gasteiger partial charge in [-0.05, 0) is 79.3 Å². The van der Waals surface area contributed by atoms with Crippen molar-refractivity contribution in [2.75, 3.05) is 0 Å². The normalized spacial score (nSPS) is 16.0. The maximum Gasteiger partial charge on any atom is 0.196 e. The summed E-state index contributed by atoms with van der Waals surface area (Å²) in [7, 11) is 0. The van der Waals surface area contributed by atoms with Gasteiger partial charge in [0.2, 0.25) is 0 Å². The molecule has 0 unspecified atom stereocenters. The van der Waals surface area contributed by atoms with Crippen molar-refractivity contribution in [1.82, 2.24) is 4.98 Å². The molecule has 0 aliphatic heterocycles. The van der Waals surface area contributed by atoms with Crippen LogP contribution in [0.3, 0.4) is 0 Å². The third kappa shape index (κ3) is 3.98. The summed E-state index contributed by atoms with van der Waals surface area (Å²) in [4.78, 5) is 19.8. The lowest BCUT2D eigenvalue weighted by Gasteiger charge is -2.30. The van der Waals surface area contributed by atoms with Crippen LogP contribution in [-0.4, -0.2) is 10.8 Å². The summed E-state index contributed by atoms with van der Waals surface area (Å²) in [5, 5.41) is 0. The van der Waals surface area contributed by atoms with Gasteiger partial charge in [-0.3, -0.25) is 9.78 Å². The standard InChI is InChI=1S/C23H29NOS/c1-6-17-13-16(12-15(3)24-17)8-9-20(25)22-18-10-11-23(4,5)14-19(18)21(7-2)26-22/h8-9,12-13H,6-7,10-11,14H2,1-5H3. The molecule has 1 aliphatic carbocycles. The number of nitrogens with zero attached hydrogens (tertiary/aromatic N) is 1. The summed E-state index contributed by atoms with van der Waals surface area (Å²) in [5.41, 5.74) is 6.25. The van der Waals surface area contributed by atoms with E-state index >= 15 is 0 Å². The number of aryl methyl sites for hydroxylation is 3. The minimum Gasteiger partial charge on any atom is -0.288 e. The van der Waals surface area contributed by atoms with E-state index in [0.29, 0.717) is 5.41 Å². The monoisotopic (exact) mass is 367 g/mol. The highest BCUT2D eigenvalue weighted by molar-refractivity contribution is 7.14. The van der Waals surface area contributed by atoms with Crippen molar-refractivity contribution >= 4 is 23.2 Å². The van der Waals surface area contributed by atoms with E-state index < -0.39 is 0 Å². The summed E-state index contributed by atoms with van der Waals surface area (Å²) >= 11 is 1.72. The van der Waals surface area contributed by atoms with E-state index in [0.717, 1.165) is 53.9 Å². The van der Waals surface area contributed by atoms with Gasteiger partial charge in [0.25, 0.3) is 0 Å². The largest absolute Gasteiger partial charge is 0.288 e. The smallest absolute Gasteiger partial charge is 0.196 e. The van der Waals surface area contributed by atoms with Gasteiger partial charge in [-0.1, -0.05) is 33.8 Å². The Morgan fingerprint density at radius 3 is 2.69 bits per heavy atom. The number of carbonyl (C=O) groups is 1. The molecule has 1 aliphatic rings. The van der Waals surface area contributed by atoms with Crippen LogP contribution in [0.4, 0.5) is 0 Å². The molecular weight excluding hydrogens is 338 g/mol. The SMILES string of the molecule is CCc1cc(C=CC(=O)c2sc(CC)c3c2CCC(C)(C)C3)cc(C)n1. The van der Waals surface area contributed by atoms with Crippen LogP contribution in [0.5, 0.6) is 0 Å². The van der Waals surface area contributed by atoms with E-state index in [2.05, 4.69) is 38.7 Å². The number of hydrogen-bond acceptors (Lipinski definition) is 3. The lowest BCUT2D eigenvalue weighted by molar-refractivity contribution is 0.105. The van der Waals surface area contributed by atoms with Gasteiger partial charge in [0.05, 0.1) is 4.88 Å². The Morgan fingerprint density at radius 2 is 2.00 bits per heavy atom. The fourth-order valence-electron chi connectivity index (χ4n) is 3.83. The number of pyridine rings is 1. The fraction of sp³-hybridized carbons (Fsp3) is 0.478. The highest BCUT2D eigenvalue weighted by Gasteiger charge is 2.31. The molecule has 138 valence electrons. The zero-order chi connectivity index (χ0) is 18.9. The molecule has 0 saturated carbocycles. The third-order valence-electron chi connectivity index (χ3n) is 5.27. The molecule has 2 heterocycles. The van der Waals surface area contributed by atoms with Crippen LogP contribution >= 0.6 is 11.3 Å². The van der Waals surface area contributed by atoms with Crippen LogP contribution in [0, 0.1) is 12.3 Å². The number of fused-ring (bicyclic) bond motifs is 1. The first-order chi connectivity index (χ1) is 12.3. The first-order valence-corrected chi connectivity index (χ1v) is 10.5. The highest BCUT2D eigenvalue weighted by Crippen LogP contribution is 2.42. The first-order valence-electron chi connectivity index (χ1n) is 9.66. The van der Waals surface area contributed by atoms with Gasteiger partial charge in [-0.2, -0.15) is 0 Å². The summed E-state index contributed by atoms with van der Waals surface area (Å²) in [5.74, 6) is 0.151. The van der Waals surface area contributed by atoms with E-state index in [4.69, 9.17) is 0 Å². The zero-order valence-electron chi connectivity index (χ0n) is 16.6. The molecule has 0 radical (unpaired) electrons. The van der Waals surface area contributed by atoms with E-state index in [1.165, 1.54) is 16.0 Å². The topological polar surface area (TPSA) is 30.0 Å². The summed E-state index contributed by atoms with van der Waals surface area (Å²) in [6, 6.07) is 4.10. The Hall–Kier alpha value is -1.74. The number of ketones is 1. The second-order valence-corrected chi connectivity index (χ2v) is 9.20. The second kappa shape index (κ2) is 7.48. The van der Waals surface area contributed by atoms with E-state index in [9.17, 15) is 4.79 Å². The van der Waals surface area contributed by atoms with Crippen LogP contribution in [-0.2, 0) is 25.7 Å². The molecule has 3 rings (SSSR count). The highest BCUT2D eigenvalue weighted by atomic mass is 32.1. The first kappa shape index (κ1) is 19.0. The minimum absolute atomic E-state index is 0.151. The molecule has 0 aromatic carbocycles. The molecule has 0 N–H and O–H groups in total. The number of thiophene rings is 1. The van der Waals surface area contributed by atoms with Crippen molar-refractivity contribution in [2.45, 2.75) is 66.7 Å². The molecule has 2 nitrogen and oxygen atoms in total. The maximum absolute atomic E-state index is 12.9. The Kier molecular flexibility index (Phi) is 5.47. The van der Waals surface area contributed by atoms with Gasteiger partial charge < -0.3 is 0 Å². The van der Waals surface area contributed by atoms with Gasteiger partial charge in [-0.25, -0.2) is 0 Å². The average molecular weight is 368 g/mol. The van der Waals surface area contributed by atoms with Crippen molar-refractivity contribution in [3.8, 4) is 0 Å². The maximum atomic E-state index is 12.9. The number of aromatic nitrogens is 1. The van der Waals surface area contributed by atoms with Crippen molar-refractivity contribution in [3.05, 3.63) is 56.0 Å². The molecule has 0 saturated heterocycles. The van der Waals surface area contributed by atoms with E-state index in [1.54, 1.807) is 17.4 Å². The number of rotatable bonds is 5. The molecule has 0 bridgehead atoms. The molecule has 0 fully saturated rings. The van der Waals surface area contributed by atoms with Crippen molar-refractivity contribution < 1.29 is 4.79 Å². The number of hydrogen-bond donors (Lipinski definition) is 0. The summed E-state index contributed by atoms with van der Waals surface area (Å²) < 4.78 is 0. The lowest BCUT2D eigenvalue weighted by Crippen LogP contribution is -2.22. The van der Waals surface area contributed by atoms with Gasteiger partial charge in [0, 0.05) is 16.3 Å². The number of carbonyl (C=O) groups excluding carboxylic acids is 1. The minimum atomic E-state index is 0.151. The molecule has 0 amide bonds. The fourth-order valence-corrected chi connectivity index (χ4v) is 5.05. The van der Waals surface area contributed by atoms with Crippen molar-refractivity contribution in [3.63, 3.8) is 0 Å². The average Bonchev–Trinajstić information content (AvgIpc) is 2.95. The van der Waals surface area contributed by atoms with Crippen molar-refractivity contribution in [2.24, 2.45) is 5.41 Å². The van der Waals surface area contributed by atoms with Gasteiger partial charge in [0.1, 0.15) is 0 Å². The predicted octanol–water partition coefficient (Wildman–Crippen LogP) is 5.99. The quantitative estimate of drug-likeness (QED) is 0.480. The molecule has 26 heavy (non-hydrogen) atoms. The Labute approximate surface area is 161 Å². The van der Waals surface area contributed by atoms with Gasteiger partial charge in [-0.15, -0.1) is 11.3 Å².